The van der Waals surface area contributed by atoms with Crippen molar-refractivity contribution in [2.75, 3.05) is 48.8 Å². The number of piperazine rings is 1. The normalized spacial score (nSPS) is 14.0. The fourth-order valence-corrected chi connectivity index (χ4v) is 4.38. The van der Waals surface area contributed by atoms with E-state index in [9.17, 15) is 4.79 Å². The SMILES string of the molecule is C=CC(=O)Nc1ccnc(-c2cccc3cnc(Nc4ccc(N5CCN(C)CC5)cc4Cl)nc23)c1. The van der Waals surface area contributed by atoms with Gasteiger partial charge < -0.3 is 20.4 Å². The first kappa shape index (κ1) is 23.7. The van der Waals surface area contributed by atoms with Gasteiger partial charge in [-0.05, 0) is 43.5 Å². The van der Waals surface area contributed by atoms with Crippen molar-refractivity contribution in [3.63, 3.8) is 0 Å². The van der Waals surface area contributed by atoms with E-state index in [4.69, 9.17) is 16.6 Å². The number of pyridine rings is 1. The van der Waals surface area contributed by atoms with Gasteiger partial charge in [0, 0.05) is 60.9 Å². The van der Waals surface area contributed by atoms with Gasteiger partial charge in [0.15, 0.2) is 0 Å². The van der Waals surface area contributed by atoms with Gasteiger partial charge in [-0.2, -0.15) is 0 Å². The van der Waals surface area contributed by atoms with E-state index in [0.717, 1.165) is 54.0 Å². The molecule has 2 aromatic carbocycles. The van der Waals surface area contributed by atoms with Crippen LogP contribution in [0, 0.1) is 0 Å². The first-order chi connectivity index (χ1) is 17.5. The van der Waals surface area contributed by atoms with E-state index < -0.39 is 0 Å². The number of rotatable bonds is 6. The summed E-state index contributed by atoms with van der Waals surface area (Å²) in [6.07, 6.45) is 4.64. The van der Waals surface area contributed by atoms with Crippen molar-refractivity contribution >= 4 is 51.4 Å². The van der Waals surface area contributed by atoms with E-state index in [1.165, 1.54) is 6.08 Å². The smallest absolute Gasteiger partial charge is 0.247 e. The Bertz CT molecular complexity index is 1430. The van der Waals surface area contributed by atoms with Crippen LogP contribution in [0.4, 0.5) is 23.0 Å². The Morgan fingerprint density at radius 1 is 1.08 bits per heavy atom. The third kappa shape index (κ3) is 5.15. The number of halogens is 1. The molecule has 3 heterocycles. The predicted molar refractivity (Wildman–Crippen MR) is 146 cm³/mol. The Kier molecular flexibility index (Phi) is 6.79. The number of carbonyl (C=O) groups excluding carboxylic acids is 1. The maximum Gasteiger partial charge on any atom is 0.247 e. The molecule has 1 saturated heterocycles. The number of fused-ring (bicyclic) bond motifs is 1. The lowest BCUT2D eigenvalue weighted by Crippen LogP contribution is -2.44. The molecule has 4 aromatic rings. The standard InChI is InChI=1S/C27H26ClN7O/c1-3-25(36)31-19-9-10-29-24(15-19)21-6-4-5-18-17-30-27(33-26(18)21)32-23-8-7-20(16-22(23)28)35-13-11-34(2)12-14-35/h3-10,15-17H,1,11-14H2,2H3,(H,29,31,36)(H,30,32,33). The number of nitrogens with one attached hydrogen (secondary N) is 2. The van der Waals surface area contributed by atoms with Crippen LogP contribution in [-0.2, 0) is 4.79 Å². The molecule has 8 nitrogen and oxygen atoms in total. The Morgan fingerprint density at radius 3 is 2.69 bits per heavy atom. The summed E-state index contributed by atoms with van der Waals surface area (Å²) in [6.45, 7) is 7.51. The monoisotopic (exact) mass is 499 g/mol. The Hall–Kier alpha value is -4.01. The third-order valence-corrected chi connectivity index (χ3v) is 6.48. The quantitative estimate of drug-likeness (QED) is 0.362. The average molecular weight is 500 g/mol. The van der Waals surface area contributed by atoms with E-state index in [0.29, 0.717) is 22.4 Å². The molecule has 0 spiro atoms. The van der Waals surface area contributed by atoms with Crippen LogP contribution in [0.1, 0.15) is 0 Å². The number of hydrogen-bond donors (Lipinski definition) is 2. The second kappa shape index (κ2) is 10.3. The van der Waals surface area contributed by atoms with Gasteiger partial charge in [-0.25, -0.2) is 9.97 Å². The first-order valence-corrected chi connectivity index (χ1v) is 12.0. The first-order valence-electron chi connectivity index (χ1n) is 11.7. The van der Waals surface area contributed by atoms with E-state index in [1.807, 2.05) is 30.3 Å². The van der Waals surface area contributed by atoms with Crippen LogP contribution in [0.5, 0.6) is 0 Å². The van der Waals surface area contributed by atoms with Crippen molar-refractivity contribution in [1.29, 1.82) is 0 Å². The summed E-state index contributed by atoms with van der Waals surface area (Å²) in [7, 11) is 2.14. The fraction of sp³-hybridized carbons (Fsp3) is 0.185. The molecule has 0 radical (unpaired) electrons. The number of carbonyl (C=O) groups is 1. The summed E-state index contributed by atoms with van der Waals surface area (Å²) in [6, 6.07) is 15.4. The minimum atomic E-state index is -0.283. The minimum absolute atomic E-state index is 0.283. The molecule has 1 amide bonds. The Balaban J connectivity index is 1.42. The largest absolute Gasteiger partial charge is 0.369 e. The molecule has 0 unspecified atom stereocenters. The zero-order valence-corrected chi connectivity index (χ0v) is 20.7. The summed E-state index contributed by atoms with van der Waals surface area (Å²) in [5, 5.41) is 7.50. The third-order valence-electron chi connectivity index (χ3n) is 6.17. The number of aromatic nitrogens is 3. The zero-order valence-electron chi connectivity index (χ0n) is 19.9. The van der Waals surface area contributed by atoms with Gasteiger partial charge in [-0.15, -0.1) is 0 Å². The fourth-order valence-electron chi connectivity index (χ4n) is 4.16. The minimum Gasteiger partial charge on any atom is -0.369 e. The number of benzene rings is 2. The second-order valence-electron chi connectivity index (χ2n) is 8.64. The van der Waals surface area contributed by atoms with Gasteiger partial charge in [0.05, 0.1) is 21.9 Å². The van der Waals surface area contributed by atoms with E-state index in [2.05, 4.69) is 50.1 Å². The zero-order chi connectivity index (χ0) is 25.1. The van der Waals surface area contributed by atoms with Crippen LogP contribution in [-0.4, -0.2) is 59.0 Å². The van der Waals surface area contributed by atoms with Gasteiger partial charge >= 0.3 is 0 Å². The van der Waals surface area contributed by atoms with E-state index >= 15 is 0 Å². The van der Waals surface area contributed by atoms with Gasteiger partial charge in [-0.3, -0.25) is 9.78 Å². The molecule has 1 aliphatic rings. The molecule has 1 aliphatic heterocycles. The van der Waals surface area contributed by atoms with Crippen molar-refractivity contribution in [2.45, 2.75) is 0 Å². The van der Waals surface area contributed by atoms with Crippen molar-refractivity contribution in [3.05, 3.63) is 78.6 Å². The predicted octanol–water partition coefficient (Wildman–Crippen LogP) is 4.97. The molecule has 0 aliphatic carbocycles. The summed E-state index contributed by atoms with van der Waals surface area (Å²) in [5.74, 6) is 0.148. The molecular weight excluding hydrogens is 474 g/mol. The maximum atomic E-state index is 11.7. The van der Waals surface area contributed by atoms with E-state index in [-0.39, 0.29) is 5.91 Å². The highest BCUT2D eigenvalue weighted by atomic mass is 35.5. The summed E-state index contributed by atoms with van der Waals surface area (Å²) in [5.41, 5.74) is 4.71. The molecule has 9 heteroatoms. The molecule has 36 heavy (non-hydrogen) atoms. The van der Waals surface area contributed by atoms with Crippen LogP contribution in [0.25, 0.3) is 22.2 Å². The van der Waals surface area contributed by atoms with Crippen LogP contribution in [0.2, 0.25) is 5.02 Å². The highest BCUT2D eigenvalue weighted by Crippen LogP contribution is 2.31. The summed E-state index contributed by atoms with van der Waals surface area (Å²) >= 11 is 6.64. The molecule has 0 saturated carbocycles. The molecule has 5 rings (SSSR count). The summed E-state index contributed by atoms with van der Waals surface area (Å²) < 4.78 is 0. The summed E-state index contributed by atoms with van der Waals surface area (Å²) in [4.78, 5) is 30.1. The highest BCUT2D eigenvalue weighted by molar-refractivity contribution is 6.33. The van der Waals surface area contributed by atoms with Gasteiger partial charge in [0.1, 0.15) is 0 Å². The second-order valence-corrected chi connectivity index (χ2v) is 9.05. The van der Waals surface area contributed by atoms with E-state index in [1.54, 1.807) is 24.5 Å². The average Bonchev–Trinajstić information content (AvgIpc) is 2.90. The molecule has 0 atom stereocenters. The number of anilines is 4. The van der Waals surface area contributed by atoms with Crippen LogP contribution >= 0.6 is 11.6 Å². The number of nitrogens with zero attached hydrogens (tertiary/aromatic N) is 5. The van der Waals surface area contributed by atoms with Crippen molar-refractivity contribution in [1.82, 2.24) is 19.9 Å². The van der Waals surface area contributed by atoms with Gasteiger partial charge in [0.2, 0.25) is 11.9 Å². The molecule has 1 fully saturated rings. The highest BCUT2D eigenvalue weighted by Gasteiger charge is 2.16. The molecule has 2 N–H and O–H groups in total. The lowest BCUT2D eigenvalue weighted by Gasteiger charge is -2.34. The number of amides is 1. The van der Waals surface area contributed by atoms with Crippen LogP contribution < -0.4 is 15.5 Å². The Morgan fingerprint density at radius 2 is 1.92 bits per heavy atom. The van der Waals surface area contributed by atoms with Crippen LogP contribution in [0.15, 0.2) is 73.6 Å². The number of hydrogen-bond acceptors (Lipinski definition) is 7. The van der Waals surface area contributed by atoms with Crippen molar-refractivity contribution < 1.29 is 4.79 Å². The number of likely N-dealkylation sites (N-methyl/N-ethyl adjacent to an activating group) is 1. The molecule has 0 bridgehead atoms. The van der Waals surface area contributed by atoms with Gasteiger partial charge in [-0.1, -0.05) is 36.4 Å². The van der Waals surface area contributed by atoms with Gasteiger partial charge in [0.25, 0.3) is 0 Å². The van der Waals surface area contributed by atoms with Crippen LogP contribution in [0.3, 0.4) is 0 Å². The Labute approximate surface area is 214 Å². The lowest BCUT2D eigenvalue weighted by molar-refractivity contribution is -0.111. The van der Waals surface area contributed by atoms with Crippen molar-refractivity contribution in [2.24, 2.45) is 0 Å². The molecule has 182 valence electrons. The lowest BCUT2D eigenvalue weighted by atomic mass is 10.1. The number of para-hydroxylation sites is 1. The molecular formula is C27H26ClN7O. The van der Waals surface area contributed by atoms with Crippen molar-refractivity contribution in [3.8, 4) is 11.3 Å². The topological polar surface area (TPSA) is 86.3 Å². The maximum absolute atomic E-state index is 11.7. The molecule has 2 aromatic heterocycles.